The van der Waals surface area contributed by atoms with Crippen LogP contribution in [-0.2, 0) is 9.47 Å². The van der Waals surface area contributed by atoms with Gasteiger partial charge in [-0.25, -0.2) is 0 Å². The fourth-order valence-corrected chi connectivity index (χ4v) is 6.64. The van der Waals surface area contributed by atoms with Gasteiger partial charge in [-0.1, -0.05) is 140 Å². The molecule has 1 heterocycles. The summed E-state index contributed by atoms with van der Waals surface area (Å²) in [7, 11) is 0. The average molecular weight is 670 g/mol. The van der Waals surface area contributed by atoms with Gasteiger partial charge in [-0.05, 0) is 108 Å². The Morgan fingerprint density at radius 1 is 0.396 bits per heavy atom. The van der Waals surface area contributed by atoms with Crippen LogP contribution in [0.1, 0.15) is 194 Å². The molecule has 0 aromatic rings. The maximum atomic E-state index is 6.00. The first-order valence-electron chi connectivity index (χ1n) is 21.3. The van der Waals surface area contributed by atoms with Crippen LogP contribution in [0.15, 0.2) is 48.6 Å². The molecule has 3 nitrogen and oxygen atoms in total. The van der Waals surface area contributed by atoms with E-state index in [4.69, 9.17) is 9.47 Å². The molecule has 280 valence electrons. The SMILES string of the molecule is CCCCC/C=C\C/C=C\CCCCCCCCOCCCC1(CCCOCCCCCCCC/C=C\C/C=C\CCCCC)CNC1. The van der Waals surface area contributed by atoms with Crippen LogP contribution in [0.4, 0.5) is 0 Å². The number of rotatable bonds is 38. The molecular weight excluding hydrogens is 587 g/mol. The van der Waals surface area contributed by atoms with Gasteiger partial charge in [0, 0.05) is 39.5 Å². The Hall–Kier alpha value is -1.16. The molecule has 1 N–H and O–H groups in total. The lowest BCUT2D eigenvalue weighted by molar-refractivity contribution is 0.0710. The predicted molar refractivity (Wildman–Crippen MR) is 214 cm³/mol. The summed E-state index contributed by atoms with van der Waals surface area (Å²) in [6.07, 6.45) is 55.0. The zero-order valence-corrected chi connectivity index (χ0v) is 32.5. The van der Waals surface area contributed by atoms with Crippen LogP contribution in [0, 0.1) is 5.41 Å². The van der Waals surface area contributed by atoms with Crippen molar-refractivity contribution in [2.75, 3.05) is 39.5 Å². The maximum absolute atomic E-state index is 6.00. The number of nitrogens with one attached hydrogen (secondary N) is 1. The van der Waals surface area contributed by atoms with Crippen LogP contribution < -0.4 is 5.32 Å². The predicted octanol–water partition coefficient (Wildman–Crippen LogP) is 13.8. The molecule has 0 aromatic carbocycles. The Morgan fingerprint density at radius 3 is 1.08 bits per heavy atom. The van der Waals surface area contributed by atoms with Crippen LogP contribution in [0.25, 0.3) is 0 Å². The van der Waals surface area contributed by atoms with E-state index < -0.39 is 0 Å². The van der Waals surface area contributed by atoms with E-state index >= 15 is 0 Å². The average Bonchev–Trinajstić information content (AvgIpc) is 3.08. The largest absolute Gasteiger partial charge is 0.381 e. The monoisotopic (exact) mass is 670 g/mol. The molecule has 0 bridgehead atoms. The summed E-state index contributed by atoms with van der Waals surface area (Å²) < 4.78 is 12.0. The second-order valence-corrected chi connectivity index (χ2v) is 14.7. The highest BCUT2D eigenvalue weighted by Gasteiger charge is 2.35. The molecule has 0 aromatic heterocycles. The summed E-state index contributed by atoms with van der Waals surface area (Å²) in [6, 6.07) is 0. The van der Waals surface area contributed by atoms with Gasteiger partial charge in [0.1, 0.15) is 0 Å². The zero-order chi connectivity index (χ0) is 34.3. The fraction of sp³-hybridized carbons (Fsp3) is 0.822. The van der Waals surface area contributed by atoms with E-state index in [1.807, 2.05) is 0 Å². The van der Waals surface area contributed by atoms with E-state index in [-0.39, 0.29) is 0 Å². The van der Waals surface area contributed by atoms with Gasteiger partial charge in [0.15, 0.2) is 0 Å². The summed E-state index contributed by atoms with van der Waals surface area (Å²) in [6.45, 7) is 10.7. The molecule has 0 radical (unpaired) electrons. The summed E-state index contributed by atoms with van der Waals surface area (Å²) in [5.41, 5.74) is 0.507. The molecule has 1 saturated heterocycles. The van der Waals surface area contributed by atoms with Crippen molar-refractivity contribution in [1.82, 2.24) is 5.32 Å². The van der Waals surface area contributed by atoms with Crippen molar-refractivity contribution in [3.63, 3.8) is 0 Å². The van der Waals surface area contributed by atoms with Crippen LogP contribution in [-0.4, -0.2) is 39.5 Å². The fourth-order valence-electron chi connectivity index (χ4n) is 6.64. The number of hydrogen-bond acceptors (Lipinski definition) is 3. The summed E-state index contributed by atoms with van der Waals surface area (Å²) in [5, 5.41) is 3.53. The van der Waals surface area contributed by atoms with Crippen molar-refractivity contribution in [2.45, 2.75) is 194 Å². The quantitative estimate of drug-likeness (QED) is 0.0524. The third-order valence-electron chi connectivity index (χ3n) is 9.97. The van der Waals surface area contributed by atoms with E-state index in [0.29, 0.717) is 5.41 Å². The number of unbranched alkanes of at least 4 members (excludes halogenated alkanes) is 18. The lowest BCUT2D eigenvalue weighted by Gasteiger charge is -2.43. The minimum atomic E-state index is 0.507. The van der Waals surface area contributed by atoms with E-state index in [1.54, 1.807) is 0 Å². The van der Waals surface area contributed by atoms with Crippen molar-refractivity contribution in [2.24, 2.45) is 5.41 Å². The van der Waals surface area contributed by atoms with Crippen molar-refractivity contribution in [3.05, 3.63) is 48.6 Å². The molecular formula is C45H83NO2. The molecule has 0 aliphatic carbocycles. The Morgan fingerprint density at radius 2 is 0.729 bits per heavy atom. The summed E-state index contributed by atoms with van der Waals surface area (Å²) in [5.74, 6) is 0. The van der Waals surface area contributed by atoms with Crippen LogP contribution in [0.5, 0.6) is 0 Å². The third kappa shape index (κ3) is 30.9. The van der Waals surface area contributed by atoms with Gasteiger partial charge < -0.3 is 14.8 Å². The second-order valence-electron chi connectivity index (χ2n) is 14.7. The number of hydrogen-bond donors (Lipinski definition) is 1. The minimum absolute atomic E-state index is 0.507. The molecule has 1 fully saturated rings. The topological polar surface area (TPSA) is 30.5 Å². The number of allylic oxidation sites excluding steroid dienone is 8. The molecule has 0 atom stereocenters. The summed E-state index contributed by atoms with van der Waals surface area (Å²) in [4.78, 5) is 0. The first-order chi connectivity index (χ1) is 23.8. The van der Waals surface area contributed by atoms with E-state index in [0.717, 1.165) is 39.3 Å². The first-order valence-corrected chi connectivity index (χ1v) is 21.3. The molecule has 3 heteroatoms. The Balaban J connectivity index is 1.81. The zero-order valence-electron chi connectivity index (χ0n) is 32.5. The van der Waals surface area contributed by atoms with Crippen molar-refractivity contribution < 1.29 is 9.47 Å². The molecule has 0 amide bonds. The summed E-state index contributed by atoms with van der Waals surface area (Å²) >= 11 is 0. The molecule has 1 aliphatic heterocycles. The van der Waals surface area contributed by atoms with Gasteiger partial charge in [0.25, 0.3) is 0 Å². The van der Waals surface area contributed by atoms with Crippen molar-refractivity contribution in [1.29, 1.82) is 0 Å². The lowest BCUT2D eigenvalue weighted by atomic mass is 9.74. The highest BCUT2D eigenvalue weighted by molar-refractivity contribution is 4.94. The van der Waals surface area contributed by atoms with E-state index in [1.165, 1.54) is 180 Å². The Bertz CT molecular complexity index is 692. The third-order valence-corrected chi connectivity index (χ3v) is 9.97. The van der Waals surface area contributed by atoms with E-state index in [2.05, 4.69) is 67.8 Å². The molecule has 0 spiro atoms. The van der Waals surface area contributed by atoms with Crippen LogP contribution >= 0.6 is 0 Å². The maximum Gasteiger partial charge on any atom is 0.0466 e. The van der Waals surface area contributed by atoms with E-state index in [9.17, 15) is 0 Å². The number of ether oxygens (including phenoxy) is 2. The molecule has 0 saturated carbocycles. The van der Waals surface area contributed by atoms with Gasteiger partial charge in [-0.2, -0.15) is 0 Å². The van der Waals surface area contributed by atoms with Gasteiger partial charge in [0.05, 0.1) is 0 Å². The highest BCUT2D eigenvalue weighted by Crippen LogP contribution is 2.34. The highest BCUT2D eigenvalue weighted by atomic mass is 16.5. The lowest BCUT2D eigenvalue weighted by Crippen LogP contribution is -2.53. The molecule has 1 rings (SSSR count). The van der Waals surface area contributed by atoms with Gasteiger partial charge in [-0.15, -0.1) is 0 Å². The van der Waals surface area contributed by atoms with Gasteiger partial charge in [-0.3, -0.25) is 0 Å². The Kier molecular flexibility index (Phi) is 34.7. The normalized spacial score (nSPS) is 14.8. The molecule has 0 unspecified atom stereocenters. The van der Waals surface area contributed by atoms with Gasteiger partial charge >= 0.3 is 0 Å². The molecule has 48 heavy (non-hydrogen) atoms. The second kappa shape index (κ2) is 37.1. The molecule has 1 aliphatic rings. The van der Waals surface area contributed by atoms with Crippen LogP contribution in [0.2, 0.25) is 0 Å². The van der Waals surface area contributed by atoms with Crippen LogP contribution in [0.3, 0.4) is 0 Å². The standard InChI is InChI=1S/C45H83NO2/c1-3-5-7-9-11-13-15-17-19-21-23-25-27-29-31-33-39-47-41-35-37-45(43-46-44-45)38-36-42-48-40-34-32-30-28-26-24-22-20-18-16-14-12-10-8-6-4-2/h11-14,17-20,46H,3-10,15-16,21-44H2,1-2H3/b13-11-,14-12-,19-17-,20-18-. The van der Waals surface area contributed by atoms with Crippen molar-refractivity contribution in [3.8, 4) is 0 Å². The Labute approximate surface area is 301 Å². The first kappa shape index (κ1) is 44.9. The smallest absolute Gasteiger partial charge is 0.0466 e. The van der Waals surface area contributed by atoms with Gasteiger partial charge in [0.2, 0.25) is 0 Å². The van der Waals surface area contributed by atoms with Crippen molar-refractivity contribution >= 4 is 0 Å². The minimum Gasteiger partial charge on any atom is -0.381 e.